The minimum absolute atomic E-state index is 0.297. The Hall–Kier alpha value is -7.39. The molecule has 0 radical (unpaired) electrons. The highest BCUT2D eigenvalue weighted by atomic mass is 32.2. The Morgan fingerprint density at radius 1 is 0.453 bits per heavy atom. The van der Waals surface area contributed by atoms with Gasteiger partial charge in [0.1, 0.15) is 11.2 Å². The van der Waals surface area contributed by atoms with Gasteiger partial charge in [-0.2, -0.15) is 0 Å². The Morgan fingerprint density at radius 2 is 1.05 bits per heavy atom. The van der Waals surface area contributed by atoms with Crippen molar-refractivity contribution < 1.29 is 4.42 Å². The summed E-state index contributed by atoms with van der Waals surface area (Å²) in [4.78, 5) is 2.81. The Balaban J connectivity index is 0.923. The van der Waals surface area contributed by atoms with Gasteiger partial charge in [-0.1, -0.05) is 182 Å². The molecule has 1 nitrogen and oxygen atoms in total. The summed E-state index contributed by atoms with van der Waals surface area (Å²) in [6.07, 6.45) is 15.3. The first kappa shape index (κ1) is 36.1. The number of benzene rings is 10. The van der Waals surface area contributed by atoms with E-state index in [2.05, 4.69) is 200 Å². The van der Waals surface area contributed by atoms with Crippen molar-refractivity contribution in [2.24, 2.45) is 0 Å². The maximum Gasteiger partial charge on any atom is 0.136 e. The summed E-state index contributed by atoms with van der Waals surface area (Å²) in [7, 11) is 0. The van der Waals surface area contributed by atoms with Crippen LogP contribution in [0.4, 0.5) is 0 Å². The quantitative estimate of drug-likeness (QED) is 0.164. The number of fused-ring (bicyclic) bond motifs is 12. The predicted molar refractivity (Wildman–Crippen MR) is 274 cm³/mol. The normalized spacial score (nSPS) is 15.9. The van der Waals surface area contributed by atoms with E-state index >= 15 is 0 Å². The van der Waals surface area contributed by atoms with Crippen LogP contribution in [-0.4, -0.2) is 0 Å². The summed E-state index contributed by atoms with van der Waals surface area (Å²) < 4.78 is 6.46. The summed E-state index contributed by atoms with van der Waals surface area (Å²) in [5.41, 5.74) is 13.8. The number of hydrogen-bond acceptors (Lipinski definition) is 2. The number of furan rings is 1. The van der Waals surface area contributed by atoms with Gasteiger partial charge >= 0.3 is 0 Å². The van der Waals surface area contributed by atoms with Crippen molar-refractivity contribution in [3.63, 3.8) is 0 Å². The average Bonchev–Trinajstić information content (AvgIpc) is 3.93. The zero-order valence-electron chi connectivity index (χ0n) is 35.1. The number of allylic oxidation sites excluding steroid dienone is 8. The zero-order chi connectivity index (χ0) is 41.9. The second-order valence-electron chi connectivity index (χ2n) is 17.6. The summed E-state index contributed by atoms with van der Waals surface area (Å²) in [6, 6.07) is 63.0. The van der Waals surface area contributed by atoms with Crippen molar-refractivity contribution in [1.82, 2.24) is 0 Å². The maximum atomic E-state index is 6.46. The lowest BCUT2D eigenvalue weighted by Crippen LogP contribution is -2.03. The van der Waals surface area contributed by atoms with Crippen molar-refractivity contribution in [3.8, 4) is 22.3 Å². The Bertz CT molecular complexity index is 3850. The molecule has 0 bridgehead atoms. The number of hydrogen-bond donors (Lipinski definition) is 0. The first-order valence-corrected chi connectivity index (χ1v) is 23.4. The molecule has 0 amide bonds. The fourth-order valence-corrected chi connectivity index (χ4v) is 12.8. The third kappa shape index (κ3) is 5.27. The van der Waals surface area contributed by atoms with E-state index in [9.17, 15) is 0 Å². The van der Waals surface area contributed by atoms with Crippen molar-refractivity contribution in [2.45, 2.75) is 30.1 Å². The fraction of sp³-hybridized carbons (Fsp3) is 0.0645. The van der Waals surface area contributed by atoms with Gasteiger partial charge in [0.05, 0.1) is 0 Å². The molecule has 0 fully saturated rings. The van der Waals surface area contributed by atoms with Crippen LogP contribution < -0.4 is 0 Å². The molecule has 0 N–H and O–H groups in total. The fourth-order valence-electron chi connectivity index (χ4n) is 11.5. The van der Waals surface area contributed by atoms with Gasteiger partial charge in [0.2, 0.25) is 0 Å². The van der Waals surface area contributed by atoms with Crippen LogP contribution in [0, 0.1) is 0 Å². The molecule has 10 aromatic carbocycles. The summed E-state index contributed by atoms with van der Waals surface area (Å²) >= 11 is 1.97. The highest BCUT2D eigenvalue weighted by Crippen LogP contribution is 2.58. The Labute approximate surface area is 375 Å². The highest BCUT2D eigenvalue weighted by molar-refractivity contribution is 8.03. The SMILES string of the molecule is C1=CC(c2c3ccccc3c(-c3cccc4c3C3CC=C(c5c6ccccc6c(-c6ccc7oc8ccc9ccccc9c8c7c6)c6ccccc56)C=C3S4)c3ccccc23)=CCC1. The van der Waals surface area contributed by atoms with Crippen molar-refractivity contribution in [1.29, 1.82) is 0 Å². The first-order chi connectivity index (χ1) is 31.8. The van der Waals surface area contributed by atoms with Gasteiger partial charge in [-0.3, -0.25) is 0 Å². The topological polar surface area (TPSA) is 13.1 Å². The van der Waals surface area contributed by atoms with Crippen molar-refractivity contribution >= 4 is 98.7 Å². The highest BCUT2D eigenvalue weighted by Gasteiger charge is 2.34. The van der Waals surface area contributed by atoms with Gasteiger partial charge in [0.25, 0.3) is 0 Å². The predicted octanol–water partition coefficient (Wildman–Crippen LogP) is 18.0. The van der Waals surface area contributed by atoms with Gasteiger partial charge in [0, 0.05) is 21.6 Å². The third-order valence-electron chi connectivity index (χ3n) is 14.2. The number of rotatable bonds is 4. The van der Waals surface area contributed by atoms with Crippen LogP contribution in [0.25, 0.3) is 109 Å². The molecule has 0 saturated heterocycles. The minimum atomic E-state index is 0.297. The third-order valence-corrected chi connectivity index (χ3v) is 15.4. The van der Waals surface area contributed by atoms with Gasteiger partial charge in [0.15, 0.2) is 0 Å². The molecule has 1 unspecified atom stereocenters. The van der Waals surface area contributed by atoms with Crippen molar-refractivity contribution in [2.75, 3.05) is 0 Å². The van der Waals surface area contributed by atoms with E-state index in [1.165, 1.54) is 119 Å². The van der Waals surface area contributed by atoms with E-state index in [0.717, 1.165) is 35.8 Å². The second kappa shape index (κ2) is 14.1. The van der Waals surface area contributed by atoms with E-state index in [1.807, 2.05) is 11.8 Å². The van der Waals surface area contributed by atoms with Gasteiger partial charge in [-0.25, -0.2) is 0 Å². The molecular weight excluding hydrogens is 793 g/mol. The Morgan fingerprint density at radius 3 is 1.70 bits per heavy atom. The summed E-state index contributed by atoms with van der Waals surface area (Å²) in [5, 5.41) is 15.2. The average molecular weight is 833 g/mol. The molecule has 0 saturated carbocycles. The molecular formula is C62H40OS. The van der Waals surface area contributed by atoms with Crippen LogP contribution in [0.5, 0.6) is 0 Å². The summed E-state index contributed by atoms with van der Waals surface area (Å²) in [6.45, 7) is 0. The van der Waals surface area contributed by atoms with E-state index in [1.54, 1.807) is 0 Å². The molecule has 1 atom stereocenters. The molecule has 300 valence electrons. The molecule has 1 aliphatic heterocycles. The van der Waals surface area contributed by atoms with Gasteiger partial charge in [-0.05, 0) is 158 Å². The van der Waals surface area contributed by atoms with Gasteiger partial charge < -0.3 is 4.42 Å². The lowest BCUT2D eigenvalue weighted by molar-refractivity contribution is 0.669. The van der Waals surface area contributed by atoms with Crippen LogP contribution in [0.1, 0.15) is 41.9 Å². The van der Waals surface area contributed by atoms with Crippen LogP contribution >= 0.6 is 11.8 Å². The molecule has 1 aromatic heterocycles. The van der Waals surface area contributed by atoms with E-state index < -0.39 is 0 Å². The standard InChI is InChI=1S/C62H40OS/c1-2-16-38(17-3-1)57-46-23-10-12-25-48(46)60(49-26-13-11-24-47(49)57)51-27-14-28-55-62(51)50-32-29-40(36-56(50)64-55)59-44-21-8-6-19-42(44)58(43-20-7-9-22-45(43)59)39-31-33-53-52(35-39)61-41-18-5-4-15-37(41)30-34-54(61)63-53/h2,4-31,33-36,50H,1,3,32H2. The van der Waals surface area contributed by atoms with Crippen LogP contribution in [0.2, 0.25) is 0 Å². The largest absolute Gasteiger partial charge is 0.456 e. The monoisotopic (exact) mass is 832 g/mol. The molecule has 2 heteroatoms. The minimum Gasteiger partial charge on any atom is -0.456 e. The van der Waals surface area contributed by atoms with Crippen LogP contribution in [0.15, 0.2) is 214 Å². The number of thioether (sulfide) groups is 1. The summed E-state index contributed by atoms with van der Waals surface area (Å²) in [5.74, 6) is 0.297. The van der Waals surface area contributed by atoms with Gasteiger partial charge in [-0.15, -0.1) is 0 Å². The maximum absolute atomic E-state index is 6.46. The lowest BCUT2D eigenvalue weighted by atomic mass is 9.79. The molecule has 2 aliphatic carbocycles. The van der Waals surface area contributed by atoms with Crippen LogP contribution in [-0.2, 0) is 0 Å². The molecule has 11 aromatic rings. The molecule has 0 spiro atoms. The lowest BCUT2D eigenvalue weighted by Gasteiger charge is -2.24. The smallest absolute Gasteiger partial charge is 0.136 e. The Kier molecular flexibility index (Phi) is 7.94. The second-order valence-corrected chi connectivity index (χ2v) is 18.7. The molecule has 14 rings (SSSR count). The van der Waals surface area contributed by atoms with E-state index in [-0.39, 0.29) is 0 Å². The molecule has 2 heterocycles. The van der Waals surface area contributed by atoms with E-state index in [0.29, 0.717) is 5.92 Å². The first-order valence-electron chi connectivity index (χ1n) is 22.6. The van der Waals surface area contributed by atoms with Crippen LogP contribution in [0.3, 0.4) is 0 Å². The van der Waals surface area contributed by atoms with E-state index in [4.69, 9.17) is 4.42 Å². The molecule has 3 aliphatic rings. The zero-order valence-corrected chi connectivity index (χ0v) is 35.9. The van der Waals surface area contributed by atoms with Crippen molar-refractivity contribution in [3.05, 3.63) is 222 Å². The molecule has 64 heavy (non-hydrogen) atoms.